The first-order valence-electron chi connectivity index (χ1n) is 11.3. The molecule has 0 bridgehead atoms. The number of benzene rings is 3. The van der Waals surface area contributed by atoms with E-state index < -0.39 is 11.8 Å². The lowest BCUT2D eigenvalue weighted by atomic mass is 10.1. The van der Waals surface area contributed by atoms with Gasteiger partial charge in [0.25, 0.3) is 11.8 Å². The van der Waals surface area contributed by atoms with Crippen LogP contribution in [-0.4, -0.2) is 36.2 Å². The van der Waals surface area contributed by atoms with Crippen molar-refractivity contribution in [1.82, 2.24) is 10.7 Å². The highest BCUT2D eigenvalue weighted by molar-refractivity contribution is 9.10. The number of carbonyl (C=O) groups is 2. The highest BCUT2D eigenvalue weighted by atomic mass is 79.9. The van der Waals surface area contributed by atoms with Gasteiger partial charge in [0.1, 0.15) is 11.4 Å². The number of hydrazone groups is 1. The van der Waals surface area contributed by atoms with Crippen LogP contribution in [0.2, 0.25) is 5.02 Å². The van der Waals surface area contributed by atoms with Gasteiger partial charge in [-0.25, -0.2) is 5.43 Å². The van der Waals surface area contributed by atoms with E-state index in [-0.39, 0.29) is 22.0 Å². The number of nitrogens with zero attached hydrogens (tertiary/aromatic N) is 2. The van der Waals surface area contributed by atoms with Gasteiger partial charge in [-0.1, -0.05) is 51.8 Å². The van der Waals surface area contributed by atoms with E-state index >= 15 is 0 Å². The first-order valence-corrected chi connectivity index (χ1v) is 12.4. The molecule has 0 radical (unpaired) electrons. The quantitative estimate of drug-likeness (QED) is 0.178. The number of phenolic OH excluding ortho intramolecular Hbond substituents is 1. The van der Waals surface area contributed by atoms with E-state index in [4.69, 9.17) is 11.6 Å². The van der Waals surface area contributed by atoms with Gasteiger partial charge in [-0.15, -0.1) is 0 Å². The minimum atomic E-state index is -0.644. The van der Waals surface area contributed by atoms with Crippen molar-refractivity contribution in [3.8, 4) is 5.75 Å². The Kier molecular flexibility index (Phi) is 9.67. The van der Waals surface area contributed by atoms with Crippen LogP contribution in [0.15, 0.2) is 82.0 Å². The molecule has 0 aromatic heterocycles. The number of nitrogens with one attached hydrogen (secondary N) is 2. The molecule has 2 amide bonds. The van der Waals surface area contributed by atoms with E-state index in [1.165, 1.54) is 12.3 Å². The van der Waals surface area contributed by atoms with Gasteiger partial charge < -0.3 is 15.3 Å². The molecule has 0 saturated heterocycles. The highest BCUT2D eigenvalue weighted by Crippen LogP contribution is 2.20. The number of halogens is 2. The predicted octanol–water partition coefficient (Wildman–Crippen LogP) is 5.58. The summed E-state index contributed by atoms with van der Waals surface area (Å²) in [5, 5.41) is 16.8. The SMILES string of the molecule is CCN(CC)c1ccc(/C=C(/NC(=O)c2ccccc2Cl)C(=O)N/N=C/c2cc(Br)ccc2O)cc1. The molecule has 3 rings (SSSR count). The van der Waals surface area contributed by atoms with Gasteiger partial charge >= 0.3 is 0 Å². The maximum Gasteiger partial charge on any atom is 0.287 e. The van der Waals surface area contributed by atoms with Crippen molar-refractivity contribution in [1.29, 1.82) is 0 Å². The number of hydrogen-bond acceptors (Lipinski definition) is 5. The first-order chi connectivity index (χ1) is 17.3. The second kappa shape index (κ2) is 12.9. The van der Waals surface area contributed by atoms with Crippen molar-refractivity contribution in [3.05, 3.63) is 98.6 Å². The summed E-state index contributed by atoms with van der Waals surface area (Å²) in [4.78, 5) is 28.1. The summed E-state index contributed by atoms with van der Waals surface area (Å²) >= 11 is 9.48. The molecule has 0 aliphatic rings. The summed E-state index contributed by atoms with van der Waals surface area (Å²) in [6, 6.07) is 19.1. The molecule has 7 nitrogen and oxygen atoms in total. The third kappa shape index (κ3) is 7.19. The van der Waals surface area contributed by atoms with Gasteiger partial charge in [0.15, 0.2) is 0 Å². The first kappa shape index (κ1) is 27.0. The van der Waals surface area contributed by atoms with Crippen LogP contribution in [0.3, 0.4) is 0 Å². The van der Waals surface area contributed by atoms with Crippen molar-refractivity contribution in [2.75, 3.05) is 18.0 Å². The third-order valence-electron chi connectivity index (χ3n) is 5.30. The summed E-state index contributed by atoms with van der Waals surface area (Å²) in [5.41, 5.74) is 4.78. The van der Waals surface area contributed by atoms with Crippen LogP contribution in [0, 0.1) is 0 Å². The standard InChI is InChI=1S/C27H26BrClN4O3/c1-3-33(4-2)21-12-9-18(10-13-21)15-24(31-26(35)22-7-5-6-8-23(22)29)27(36)32-30-17-19-16-20(28)11-14-25(19)34/h5-17,34H,3-4H2,1-2H3,(H,31,35)(H,32,36)/b24-15+,30-17+. The molecule has 0 aliphatic carbocycles. The third-order valence-corrected chi connectivity index (χ3v) is 6.13. The summed E-state index contributed by atoms with van der Waals surface area (Å²) in [6.07, 6.45) is 2.87. The minimum absolute atomic E-state index is 0.00674. The number of amides is 2. The zero-order valence-corrected chi connectivity index (χ0v) is 22.2. The van der Waals surface area contributed by atoms with Crippen molar-refractivity contribution in [3.63, 3.8) is 0 Å². The zero-order chi connectivity index (χ0) is 26.1. The Bertz CT molecular complexity index is 1290. The molecule has 0 fully saturated rings. The van der Waals surface area contributed by atoms with Crippen molar-refractivity contribution >= 4 is 57.3 Å². The number of hydrogen-bond donors (Lipinski definition) is 3. The topological polar surface area (TPSA) is 94.0 Å². The Balaban J connectivity index is 1.87. The zero-order valence-electron chi connectivity index (χ0n) is 19.8. The minimum Gasteiger partial charge on any atom is -0.507 e. The lowest BCUT2D eigenvalue weighted by Gasteiger charge is -2.21. The van der Waals surface area contributed by atoms with E-state index in [0.717, 1.165) is 23.2 Å². The second-order valence-corrected chi connectivity index (χ2v) is 8.98. The lowest BCUT2D eigenvalue weighted by molar-refractivity contribution is -0.117. The highest BCUT2D eigenvalue weighted by Gasteiger charge is 2.16. The molecule has 0 atom stereocenters. The summed E-state index contributed by atoms with van der Waals surface area (Å²) < 4.78 is 0.744. The molecule has 0 spiro atoms. The van der Waals surface area contributed by atoms with Crippen molar-refractivity contribution in [2.24, 2.45) is 5.10 Å². The normalized spacial score (nSPS) is 11.4. The molecule has 186 valence electrons. The van der Waals surface area contributed by atoms with Gasteiger partial charge in [0, 0.05) is 28.8 Å². The Morgan fingerprint density at radius 1 is 1.06 bits per heavy atom. The van der Waals surface area contributed by atoms with E-state index in [2.05, 4.69) is 50.5 Å². The molecule has 3 aromatic rings. The molecule has 0 unspecified atom stereocenters. The van der Waals surface area contributed by atoms with Crippen LogP contribution < -0.4 is 15.6 Å². The van der Waals surface area contributed by atoms with Gasteiger partial charge in [-0.3, -0.25) is 9.59 Å². The van der Waals surface area contributed by atoms with E-state index in [0.29, 0.717) is 11.1 Å². The largest absolute Gasteiger partial charge is 0.507 e. The fraction of sp³-hybridized carbons (Fsp3) is 0.148. The van der Waals surface area contributed by atoms with Gasteiger partial charge in [-0.05, 0) is 68.0 Å². The number of carbonyl (C=O) groups excluding carboxylic acids is 2. The van der Waals surface area contributed by atoms with E-state index in [1.54, 1.807) is 42.5 Å². The monoisotopic (exact) mass is 568 g/mol. The van der Waals surface area contributed by atoms with Crippen molar-refractivity contribution in [2.45, 2.75) is 13.8 Å². The van der Waals surface area contributed by atoms with Crippen LogP contribution in [0.1, 0.15) is 35.3 Å². The Labute approximate surface area is 223 Å². The summed E-state index contributed by atoms with van der Waals surface area (Å²) in [7, 11) is 0. The number of phenols is 1. The van der Waals surface area contributed by atoms with Crippen LogP contribution in [-0.2, 0) is 4.79 Å². The Morgan fingerprint density at radius 3 is 2.42 bits per heavy atom. The van der Waals surface area contributed by atoms with E-state index in [1.807, 2.05) is 24.3 Å². The predicted molar refractivity (Wildman–Crippen MR) is 148 cm³/mol. The molecule has 3 N–H and O–H groups in total. The average molecular weight is 570 g/mol. The Hall–Kier alpha value is -3.62. The van der Waals surface area contributed by atoms with Crippen molar-refractivity contribution < 1.29 is 14.7 Å². The molecule has 3 aromatic carbocycles. The van der Waals surface area contributed by atoms with Crippen LogP contribution in [0.4, 0.5) is 5.69 Å². The summed E-state index contributed by atoms with van der Waals surface area (Å²) in [5.74, 6) is -1.17. The van der Waals surface area contributed by atoms with E-state index in [9.17, 15) is 14.7 Å². The van der Waals surface area contributed by atoms with Crippen LogP contribution in [0.5, 0.6) is 5.75 Å². The lowest BCUT2D eigenvalue weighted by Crippen LogP contribution is -2.33. The molecule has 0 heterocycles. The maximum absolute atomic E-state index is 13.0. The van der Waals surface area contributed by atoms with Gasteiger partial charge in [0.2, 0.25) is 0 Å². The molecule has 0 saturated carbocycles. The second-order valence-electron chi connectivity index (χ2n) is 7.66. The smallest absolute Gasteiger partial charge is 0.287 e. The van der Waals surface area contributed by atoms with Crippen LogP contribution >= 0.6 is 27.5 Å². The number of aromatic hydroxyl groups is 1. The summed E-state index contributed by atoms with van der Waals surface area (Å²) in [6.45, 7) is 5.91. The van der Waals surface area contributed by atoms with Gasteiger partial charge in [0.05, 0.1) is 16.8 Å². The maximum atomic E-state index is 13.0. The van der Waals surface area contributed by atoms with Crippen LogP contribution in [0.25, 0.3) is 6.08 Å². The number of anilines is 1. The molecule has 36 heavy (non-hydrogen) atoms. The van der Waals surface area contributed by atoms with Gasteiger partial charge in [-0.2, -0.15) is 5.10 Å². The molecular formula is C27H26BrClN4O3. The fourth-order valence-corrected chi connectivity index (χ4v) is 3.98. The molecule has 0 aliphatic heterocycles. The Morgan fingerprint density at radius 2 is 1.75 bits per heavy atom. The molecule has 9 heteroatoms. The fourth-order valence-electron chi connectivity index (χ4n) is 3.38. The average Bonchev–Trinajstić information content (AvgIpc) is 2.87. The number of rotatable bonds is 9. The molecular weight excluding hydrogens is 544 g/mol.